The van der Waals surface area contributed by atoms with Crippen LogP contribution in [0, 0.1) is 0 Å². The molecule has 2 aromatic rings. The maximum Gasteiger partial charge on any atom is 0.271 e. The zero-order chi connectivity index (χ0) is 12.3. The molecule has 0 aromatic carbocycles. The first-order chi connectivity index (χ1) is 8.24. The molecule has 2 rings (SSSR count). The largest absolute Gasteiger partial charge is 0.394 e. The highest BCUT2D eigenvalue weighted by molar-refractivity contribution is 5.93. The zero-order valence-corrected chi connectivity index (χ0v) is 9.63. The molecule has 90 valence electrons. The molecule has 0 fully saturated rings. The maximum atomic E-state index is 11.8. The summed E-state index contributed by atoms with van der Waals surface area (Å²) in [5.74, 6) is -0.255. The molecule has 0 spiro atoms. The molecule has 0 aliphatic carbocycles. The molecule has 0 radical (unpaired) electrons. The Hall–Kier alpha value is -1.88. The fraction of sp³-hybridized carbons (Fsp3) is 0.333. The van der Waals surface area contributed by atoms with Crippen LogP contribution in [0.2, 0.25) is 0 Å². The summed E-state index contributed by atoms with van der Waals surface area (Å²) in [7, 11) is 0. The van der Waals surface area contributed by atoms with Crippen molar-refractivity contribution >= 4 is 11.6 Å². The average Bonchev–Trinajstić information content (AvgIpc) is 2.79. The monoisotopic (exact) mass is 233 g/mol. The number of aliphatic hydroxyl groups is 1. The van der Waals surface area contributed by atoms with Crippen molar-refractivity contribution in [1.29, 1.82) is 0 Å². The van der Waals surface area contributed by atoms with Gasteiger partial charge in [0.2, 0.25) is 0 Å². The van der Waals surface area contributed by atoms with Gasteiger partial charge in [-0.15, -0.1) is 0 Å². The molecule has 0 aliphatic rings. The van der Waals surface area contributed by atoms with E-state index in [-0.39, 0.29) is 18.6 Å². The van der Waals surface area contributed by atoms with Gasteiger partial charge in [-0.2, -0.15) is 0 Å². The van der Waals surface area contributed by atoms with Crippen LogP contribution in [0.4, 0.5) is 0 Å². The number of hydrogen-bond acceptors (Lipinski definition) is 3. The van der Waals surface area contributed by atoms with E-state index in [1.165, 1.54) is 0 Å². The molecule has 0 saturated heterocycles. The fourth-order valence-corrected chi connectivity index (χ4v) is 1.58. The van der Waals surface area contributed by atoms with Gasteiger partial charge in [-0.25, -0.2) is 4.98 Å². The molecule has 2 N–H and O–H groups in total. The summed E-state index contributed by atoms with van der Waals surface area (Å²) in [6.07, 6.45) is 4.20. The minimum atomic E-state index is -0.255. The quantitative estimate of drug-likeness (QED) is 0.822. The number of amides is 1. The van der Waals surface area contributed by atoms with Gasteiger partial charge in [0.1, 0.15) is 11.3 Å². The van der Waals surface area contributed by atoms with Crippen molar-refractivity contribution in [3.63, 3.8) is 0 Å². The molecule has 0 aliphatic heterocycles. The van der Waals surface area contributed by atoms with Crippen molar-refractivity contribution in [2.75, 3.05) is 6.61 Å². The normalized spacial score (nSPS) is 12.6. The lowest BCUT2D eigenvalue weighted by molar-refractivity contribution is 0.0910. The summed E-state index contributed by atoms with van der Waals surface area (Å²) in [6, 6.07) is 5.36. The summed E-state index contributed by atoms with van der Waals surface area (Å²) in [4.78, 5) is 16.0. The van der Waals surface area contributed by atoms with Crippen LogP contribution in [-0.2, 0) is 0 Å². The Labute approximate surface area is 99.1 Å². The Morgan fingerprint density at radius 2 is 2.41 bits per heavy atom. The predicted octanol–water partition coefficient (Wildman–Crippen LogP) is 0.835. The number of imidazole rings is 1. The molecular weight excluding hydrogens is 218 g/mol. The Bertz CT molecular complexity index is 484. The number of pyridine rings is 1. The lowest BCUT2D eigenvalue weighted by Crippen LogP contribution is -2.37. The molecule has 1 atom stereocenters. The van der Waals surface area contributed by atoms with Crippen LogP contribution in [-0.4, -0.2) is 33.0 Å². The maximum absolute atomic E-state index is 11.8. The van der Waals surface area contributed by atoms with E-state index in [4.69, 9.17) is 5.11 Å². The minimum absolute atomic E-state index is 0.0599. The Morgan fingerprint density at radius 3 is 3.06 bits per heavy atom. The Balaban J connectivity index is 2.19. The van der Waals surface area contributed by atoms with E-state index in [1.54, 1.807) is 10.6 Å². The van der Waals surface area contributed by atoms with E-state index in [2.05, 4.69) is 10.3 Å². The highest BCUT2D eigenvalue weighted by Crippen LogP contribution is 2.04. The number of carbonyl (C=O) groups is 1. The smallest absolute Gasteiger partial charge is 0.271 e. The fourth-order valence-electron chi connectivity index (χ4n) is 1.58. The third-order valence-corrected chi connectivity index (χ3v) is 2.65. The summed E-state index contributed by atoms with van der Waals surface area (Å²) in [5.41, 5.74) is 1.10. The van der Waals surface area contributed by atoms with Gasteiger partial charge in [0.05, 0.1) is 12.6 Å². The summed E-state index contributed by atoms with van der Waals surface area (Å²) >= 11 is 0. The second kappa shape index (κ2) is 4.97. The molecule has 17 heavy (non-hydrogen) atoms. The molecule has 5 nitrogen and oxygen atoms in total. The molecule has 1 amide bonds. The lowest BCUT2D eigenvalue weighted by Gasteiger charge is -2.12. The number of hydrogen-bond donors (Lipinski definition) is 2. The highest BCUT2D eigenvalue weighted by atomic mass is 16.3. The van der Waals surface area contributed by atoms with E-state index >= 15 is 0 Å². The number of rotatable bonds is 4. The summed E-state index contributed by atoms with van der Waals surface area (Å²) in [5, 5.41) is 11.8. The minimum Gasteiger partial charge on any atom is -0.394 e. The van der Waals surface area contributed by atoms with Gasteiger partial charge in [0, 0.05) is 12.4 Å². The van der Waals surface area contributed by atoms with Gasteiger partial charge in [-0.3, -0.25) is 4.79 Å². The number of nitrogens with zero attached hydrogens (tertiary/aromatic N) is 2. The van der Waals surface area contributed by atoms with Gasteiger partial charge in [0.15, 0.2) is 0 Å². The van der Waals surface area contributed by atoms with E-state index in [1.807, 2.05) is 31.3 Å². The molecule has 5 heteroatoms. The first-order valence-electron chi connectivity index (χ1n) is 5.60. The molecule has 1 unspecified atom stereocenters. The zero-order valence-electron chi connectivity index (χ0n) is 9.63. The number of nitrogens with one attached hydrogen (secondary N) is 1. The third-order valence-electron chi connectivity index (χ3n) is 2.65. The second-order valence-corrected chi connectivity index (χ2v) is 3.85. The van der Waals surface area contributed by atoms with E-state index < -0.39 is 0 Å². The van der Waals surface area contributed by atoms with Crippen molar-refractivity contribution in [2.24, 2.45) is 0 Å². The van der Waals surface area contributed by atoms with Crippen LogP contribution < -0.4 is 5.32 Å². The Kier molecular flexibility index (Phi) is 3.39. The van der Waals surface area contributed by atoms with Crippen molar-refractivity contribution in [3.05, 3.63) is 36.3 Å². The van der Waals surface area contributed by atoms with Gasteiger partial charge in [0.25, 0.3) is 5.91 Å². The number of aliphatic hydroxyl groups excluding tert-OH is 1. The van der Waals surface area contributed by atoms with Gasteiger partial charge in [-0.1, -0.05) is 13.0 Å². The second-order valence-electron chi connectivity index (χ2n) is 3.85. The number of aromatic nitrogens is 2. The number of fused-ring (bicyclic) bond motifs is 1. The topological polar surface area (TPSA) is 66.6 Å². The first-order valence-corrected chi connectivity index (χ1v) is 5.60. The van der Waals surface area contributed by atoms with E-state index in [9.17, 15) is 4.79 Å². The Morgan fingerprint density at radius 1 is 1.59 bits per heavy atom. The van der Waals surface area contributed by atoms with Crippen molar-refractivity contribution in [1.82, 2.24) is 14.7 Å². The van der Waals surface area contributed by atoms with Crippen LogP contribution in [0.25, 0.3) is 5.65 Å². The highest BCUT2D eigenvalue weighted by Gasteiger charge is 2.14. The van der Waals surface area contributed by atoms with Crippen molar-refractivity contribution < 1.29 is 9.90 Å². The van der Waals surface area contributed by atoms with Crippen LogP contribution in [0.15, 0.2) is 30.6 Å². The molecule has 0 bridgehead atoms. The van der Waals surface area contributed by atoms with Crippen molar-refractivity contribution in [3.8, 4) is 0 Å². The third kappa shape index (κ3) is 2.45. The number of carbonyl (C=O) groups excluding carboxylic acids is 1. The van der Waals surface area contributed by atoms with Crippen LogP contribution >= 0.6 is 0 Å². The van der Waals surface area contributed by atoms with Gasteiger partial charge < -0.3 is 14.8 Å². The van der Waals surface area contributed by atoms with Crippen LogP contribution in [0.1, 0.15) is 23.8 Å². The van der Waals surface area contributed by atoms with Gasteiger partial charge in [-0.05, 0) is 18.6 Å². The SMILES string of the molecule is CCC(CO)NC(=O)c1cn2ccccc2n1. The molecule has 2 aromatic heterocycles. The summed E-state index contributed by atoms with van der Waals surface area (Å²) in [6.45, 7) is 1.85. The standard InChI is InChI=1S/C12H15N3O2/c1-2-9(8-16)13-12(17)10-7-15-6-4-3-5-11(15)14-10/h3-7,9,16H,2,8H2,1H3,(H,13,17). The predicted molar refractivity (Wildman–Crippen MR) is 63.8 cm³/mol. The summed E-state index contributed by atoms with van der Waals surface area (Å²) < 4.78 is 1.79. The average molecular weight is 233 g/mol. The lowest BCUT2D eigenvalue weighted by atomic mass is 10.2. The van der Waals surface area contributed by atoms with Crippen molar-refractivity contribution in [2.45, 2.75) is 19.4 Å². The van der Waals surface area contributed by atoms with Crippen LogP contribution in [0.3, 0.4) is 0 Å². The molecule has 0 saturated carbocycles. The first kappa shape index (κ1) is 11.6. The molecular formula is C12H15N3O2. The van der Waals surface area contributed by atoms with E-state index in [0.717, 1.165) is 5.65 Å². The molecule has 2 heterocycles. The van der Waals surface area contributed by atoms with E-state index in [0.29, 0.717) is 12.1 Å². The van der Waals surface area contributed by atoms with Gasteiger partial charge >= 0.3 is 0 Å². The van der Waals surface area contributed by atoms with Crippen LogP contribution in [0.5, 0.6) is 0 Å².